The van der Waals surface area contributed by atoms with Crippen molar-refractivity contribution in [1.29, 1.82) is 0 Å². The molecular weight excluding hydrogens is 332 g/mol. The first-order valence-electron chi connectivity index (χ1n) is 8.44. The molecule has 2 aromatic rings. The molecule has 0 aromatic heterocycles. The molecule has 2 aromatic carbocycles. The second-order valence-corrected chi connectivity index (χ2v) is 7.11. The summed E-state index contributed by atoms with van der Waals surface area (Å²) in [5.41, 5.74) is 2.36. The Bertz CT molecular complexity index is 718. The summed E-state index contributed by atoms with van der Waals surface area (Å²) in [5, 5.41) is 0. The molecule has 0 saturated carbocycles. The number of nitrogens with zero attached hydrogens (tertiary/aromatic N) is 2. The second kappa shape index (κ2) is 8.41. The van der Waals surface area contributed by atoms with E-state index in [-0.39, 0.29) is 5.91 Å². The molecule has 25 heavy (non-hydrogen) atoms. The summed E-state index contributed by atoms with van der Waals surface area (Å²) in [5.74, 6) is 1.02. The van der Waals surface area contributed by atoms with Gasteiger partial charge in [0.05, 0.1) is 13.7 Å². The van der Waals surface area contributed by atoms with Crippen molar-refractivity contribution in [3.05, 3.63) is 59.7 Å². The zero-order valence-corrected chi connectivity index (χ0v) is 15.6. The third kappa shape index (κ3) is 4.77. The van der Waals surface area contributed by atoms with Crippen LogP contribution in [0.25, 0.3) is 0 Å². The van der Waals surface area contributed by atoms with Crippen LogP contribution in [0.1, 0.15) is 11.1 Å². The van der Waals surface area contributed by atoms with Crippen LogP contribution in [0.15, 0.2) is 53.4 Å². The summed E-state index contributed by atoms with van der Waals surface area (Å²) in [6.07, 6.45) is 2.08. The van der Waals surface area contributed by atoms with E-state index in [0.717, 1.165) is 30.9 Å². The number of piperazine rings is 1. The fraction of sp³-hybridized carbons (Fsp3) is 0.350. The van der Waals surface area contributed by atoms with Crippen molar-refractivity contribution in [1.82, 2.24) is 9.80 Å². The van der Waals surface area contributed by atoms with Gasteiger partial charge in [-0.15, -0.1) is 11.8 Å². The van der Waals surface area contributed by atoms with Gasteiger partial charge in [0.25, 0.3) is 0 Å². The smallest absolute Gasteiger partial charge is 0.237 e. The number of methoxy groups -OCH3 is 1. The lowest BCUT2D eigenvalue weighted by molar-refractivity contribution is -0.136. The summed E-state index contributed by atoms with van der Waals surface area (Å²) in [7, 11) is 1.66. The summed E-state index contributed by atoms with van der Waals surface area (Å²) in [4.78, 5) is 17.9. The van der Waals surface area contributed by atoms with Gasteiger partial charge >= 0.3 is 0 Å². The third-order valence-electron chi connectivity index (χ3n) is 4.47. The van der Waals surface area contributed by atoms with Crippen LogP contribution in [0.4, 0.5) is 0 Å². The van der Waals surface area contributed by atoms with E-state index in [1.54, 1.807) is 18.9 Å². The van der Waals surface area contributed by atoms with Crippen molar-refractivity contribution < 1.29 is 9.53 Å². The van der Waals surface area contributed by atoms with Crippen LogP contribution in [0, 0.1) is 0 Å². The summed E-state index contributed by atoms with van der Waals surface area (Å²) in [6.45, 7) is 3.62. The Balaban J connectivity index is 1.55. The van der Waals surface area contributed by atoms with Gasteiger partial charge < -0.3 is 9.64 Å². The number of hydrogen-bond donors (Lipinski definition) is 0. The number of amides is 1. The maximum atomic E-state index is 12.5. The molecule has 4 nitrogen and oxygen atoms in total. The zero-order chi connectivity index (χ0) is 17.6. The highest BCUT2D eigenvalue weighted by molar-refractivity contribution is 7.98. The van der Waals surface area contributed by atoms with Gasteiger partial charge in [0.15, 0.2) is 0 Å². The number of thioether (sulfide) groups is 1. The van der Waals surface area contributed by atoms with Crippen molar-refractivity contribution in [3.63, 3.8) is 0 Å². The van der Waals surface area contributed by atoms with Crippen molar-refractivity contribution in [2.45, 2.75) is 18.0 Å². The van der Waals surface area contributed by atoms with E-state index < -0.39 is 0 Å². The SMILES string of the molecule is COc1cccc(CN2CCN(Cc3ccc(SC)cc3)CC2=O)c1. The molecule has 0 atom stereocenters. The first-order chi connectivity index (χ1) is 12.2. The Labute approximate surface area is 153 Å². The number of benzene rings is 2. The number of carbonyl (C=O) groups is 1. The van der Waals surface area contributed by atoms with Crippen molar-refractivity contribution in [3.8, 4) is 5.75 Å². The van der Waals surface area contributed by atoms with Crippen LogP contribution >= 0.6 is 11.8 Å². The van der Waals surface area contributed by atoms with Crippen molar-refractivity contribution >= 4 is 17.7 Å². The minimum absolute atomic E-state index is 0.190. The van der Waals surface area contributed by atoms with E-state index in [9.17, 15) is 4.79 Å². The molecule has 1 amide bonds. The topological polar surface area (TPSA) is 32.8 Å². The molecule has 5 heteroatoms. The average Bonchev–Trinajstić information content (AvgIpc) is 2.65. The molecule has 1 saturated heterocycles. The molecule has 0 unspecified atom stereocenters. The van der Waals surface area contributed by atoms with Gasteiger partial charge in [-0.3, -0.25) is 9.69 Å². The Hall–Kier alpha value is -1.98. The van der Waals surface area contributed by atoms with Gasteiger partial charge in [-0.25, -0.2) is 0 Å². The number of carbonyl (C=O) groups excluding carboxylic acids is 1. The molecule has 3 rings (SSSR count). The van der Waals surface area contributed by atoms with E-state index in [2.05, 4.69) is 35.4 Å². The summed E-state index contributed by atoms with van der Waals surface area (Å²) < 4.78 is 5.26. The van der Waals surface area contributed by atoms with Crippen LogP contribution < -0.4 is 4.74 Å². The Morgan fingerprint density at radius 1 is 1.04 bits per heavy atom. The van der Waals surface area contributed by atoms with Gasteiger partial charge in [0.1, 0.15) is 5.75 Å². The van der Waals surface area contributed by atoms with Gasteiger partial charge in [-0.2, -0.15) is 0 Å². The van der Waals surface area contributed by atoms with E-state index in [0.29, 0.717) is 13.1 Å². The molecule has 0 bridgehead atoms. The normalized spacial score (nSPS) is 15.4. The van der Waals surface area contributed by atoms with Crippen molar-refractivity contribution in [2.75, 3.05) is 33.0 Å². The largest absolute Gasteiger partial charge is 0.497 e. The lowest BCUT2D eigenvalue weighted by Gasteiger charge is -2.34. The molecule has 1 heterocycles. The third-order valence-corrected chi connectivity index (χ3v) is 5.21. The quantitative estimate of drug-likeness (QED) is 0.744. The zero-order valence-electron chi connectivity index (χ0n) is 14.8. The van der Waals surface area contributed by atoms with E-state index in [1.165, 1.54) is 10.5 Å². The molecule has 0 spiro atoms. The summed E-state index contributed by atoms with van der Waals surface area (Å²) >= 11 is 1.74. The van der Waals surface area contributed by atoms with Crippen LogP contribution in [-0.4, -0.2) is 48.7 Å². The maximum absolute atomic E-state index is 12.5. The average molecular weight is 356 g/mol. The number of ether oxygens (including phenoxy) is 1. The van der Waals surface area contributed by atoms with Gasteiger partial charge in [-0.1, -0.05) is 24.3 Å². The van der Waals surface area contributed by atoms with Crippen LogP contribution in [0.3, 0.4) is 0 Å². The molecule has 0 N–H and O–H groups in total. The van der Waals surface area contributed by atoms with E-state index in [4.69, 9.17) is 4.74 Å². The van der Waals surface area contributed by atoms with E-state index >= 15 is 0 Å². The van der Waals surface area contributed by atoms with E-state index in [1.807, 2.05) is 29.2 Å². The lowest BCUT2D eigenvalue weighted by atomic mass is 10.1. The number of rotatable bonds is 6. The summed E-state index contributed by atoms with van der Waals surface area (Å²) in [6, 6.07) is 16.5. The predicted octanol–water partition coefficient (Wildman–Crippen LogP) is 3.26. The lowest BCUT2D eigenvalue weighted by Crippen LogP contribution is -2.49. The standard InChI is InChI=1S/C20H24N2O2S/c1-24-18-5-3-4-17(12-18)14-22-11-10-21(15-20(22)23)13-16-6-8-19(25-2)9-7-16/h3-9,12H,10-11,13-15H2,1-2H3. The predicted molar refractivity (Wildman–Crippen MR) is 102 cm³/mol. The molecule has 1 aliphatic rings. The minimum Gasteiger partial charge on any atom is -0.497 e. The maximum Gasteiger partial charge on any atom is 0.237 e. The molecule has 1 aliphatic heterocycles. The van der Waals surface area contributed by atoms with Crippen LogP contribution in [-0.2, 0) is 17.9 Å². The minimum atomic E-state index is 0.190. The first kappa shape index (κ1) is 17.8. The molecule has 0 radical (unpaired) electrons. The molecular formula is C20H24N2O2S. The fourth-order valence-electron chi connectivity index (χ4n) is 3.04. The Kier molecular flexibility index (Phi) is 6.00. The molecule has 132 valence electrons. The highest BCUT2D eigenvalue weighted by atomic mass is 32.2. The highest BCUT2D eigenvalue weighted by Crippen LogP contribution is 2.18. The Morgan fingerprint density at radius 3 is 2.52 bits per heavy atom. The van der Waals surface area contributed by atoms with Gasteiger partial charge in [-0.05, 0) is 41.6 Å². The van der Waals surface area contributed by atoms with Crippen LogP contribution in [0.2, 0.25) is 0 Å². The first-order valence-corrected chi connectivity index (χ1v) is 9.66. The highest BCUT2D eigenvalue weighted by Gasteiger charge is 2.24. The fourth-order valence-corrected chi connectivity index (χ4v) is 3.45. The monoisotopic (exact) mass is 356 g/mol. The van der Waals surface area contributed by atoms with Gasteiger partial charge in [0.2, 0.25) is 5.91 Å². The van der Waals surface area contributed by atoms with Crippen molar-refractivity contribution in [2.24, 2.45) is 0 Å². The van der Waals surface area contributed by atoms with Gasteiger partial charge in [0, 0.05) is 31.1 Å². The second-order valence-electron chi connectivity index (χ2n) is 6.23. The Morgan fingerprint density at radius 2 is 1.84 bits per heavy atom. The molecule has 0 aliphatic carbocycles. The number of hydrogen-bond acceptors (Lipinski definition) is 4. The molecule has 1 fully saturated rings. The van der Waals surface area contributed by atoms with Crippen LogP contribution in [0.5, 0.6) is 5.75 Å².